The molecule has 1 N–H and O–H groups in total. The molecule has 5 nitrogen and oxygen atoms in total. The third kappa shape index (κ3) is 4.47. The first-order valence-electron chi connectivity index (χ1n) is 5.36. The highest BCUT2D eigenvalue weighted by atomic mass is 79.9. The Morgan fingerprint density at radius 1 is 1.33 bits per heavy atom. The Balaban J connectivity index is 2.87. The zero-order chi connectivity index (χ0) is 13.6. The molecule has 0 heterocycles. The van der Waals surface area contributed by atoms with Gasteiger partial charge in [-0.05, 0) is 24.3 Å². The maximum absolute atomic E-state index is 11.6. The Kier molecular flexibility index (Phi) is 5.90. The Hall–Kier alpha value is -0.790. The molecular formula is C11H16BrNO4S. The summed E-state index contributed by atoms with van der Waals surface area (Å²) in [6, 6.07) is 6.71. The summed E-state index contributed by atoms with van der Waals surface area (Å²) in [5.41, 5.74) is 0.512. The van der Waals surface area contributed by atoms with E-state index in [2.05, 4.69) is 15.9 Å². The van der Waals surface area contributed by atoms with Crippen molar-refractivity contribution in [2.75, 3.05) is 35.6 Å². The van der Waals surface area contributed by atoms with Crippen LogP contribution in [0.25, 0.3) is 0 Å². The second-order valence-corrected chi connectivity index (χ2v) is 6.29. The zero-order valence-electron chi connectivity index (χ0n) is 10.0. The first-order chi connectivity index (χ1) is 8.49. The molecule has 0 spiro atoms. The number of sulfonamides is 1. The highest BCUT2D eigenvalue weighted by Crippen LogP contribution is 2.21. The van der Waals surface area contributed by atoms with Gasteiger partial charge in [-0.15, -0.1) is 0 Å². The predicted molar refractivity (Wildman–Crippen MR) is 75.0 cm³/mol. The fraction of sp³-hybridized carbons (Fsp3) is 0.455. The van der Waals surface area contributed by atoms with Crippen molar-refractivity contribution in [3.8, 4) is 5.75 Å². The number of hydrogen-bond donors (Lipinski definition) is 1. The topological polar surface area (TPSA) is 66.8 Å². The summed E-state index contributed by atoms with van der Waals surface area (Å²) in [6.45, 7) is 0.362. The minimum atomic E-state index is -3.38. The largest absolute Gasteiger partial charge is 0.493 e. The molecule has 0 aliphatic heterocycles. The monoisotopic (exact) mass is 337 g/mol. The molecule has 0 atom stereocenters. The molecule has 0 saturated heterocycles. The lowest BCUT2D eigenvalue weighted by Gasteiger charge is -2.21. The van der Waals surface area contributed by atoms with Crippen molar-refractivity contribution >= 4 is 31.6 Å². The Morgan fingerprint density at radius 2 is 1.94 bits per heavy atom. The summed E-state index contributed by atoms with van der Waals surface area (Å²) in [4.78, 5) is 0. The van der Waals surface area contributed by atoms with Gasteiger partial charge >= 0.3 is 0 Å². The van der Waals surface area contributed by atoms with Gasteiger partial charge < -0.3 is 9.84 Å². The number of aliphatic hydroxyl groups is 1. The van der Waals surface area contributed by atoms with Gasteiger partial charge in [0.2, 0.25) is 10.0 Å². The number of rotatable bonds is 7. The molecule has 0 saturated carbocycles. The number of halogens is 1. The molecule has 0 bridgehead atoms. The van der Waals surface area contributed by atoms with E-state index in [1.54, 1.807) is 24.3 Å². The number of aliphatic hydroxyl groups excluding tert-OH is 1. The minimum Gasteiger partial charge on any atom is -0.493 e. The lowest BCUT2D eigenvalue weighted by Crippen LogP contribution is -2.32. The molecule has 0 aliphatic carbocycles. The summed E-state index contributed by atoms with van der Waals surface area (Å²) in [7, 11) is -3.38. The van der Waals surface area contributed by atoms with Gasteiger partial charge in [0.25, 0.3) is 0 Å². The Morgan fingerprint density at radius 3 is 2.39 bits per heavy atom. The lowest BCUT2D eigenvalue weighted by molar-refractivity contribution is 0.307. The molecule has 1 aromatic carbocycles. The van der Waals surface area contributed by atoms with Gasteiger partial charge in [-0.2, -0.15) is 0 Å². The van der Waals surface area contributed by atoms with Crippen LogP contribution in [0.3, 0.4) is 0 Å². The maximum atomic E-state index is 11.6. The molecular weight excluding hydrogens is 322 g/mol. The zero-order valence-corrected chi connectivity index (χ0v) is 12.4. The summed E-state index contributed by atoms with van der Waals surface area (Å²) in [5, 5.41) is 9.63. The minimum absolute atomic E-state index is 0.0421. The first-order valence-corrected chi connectivity index (χ1v) is 8.33. The number of benzene rings is 1. The van der Waals surface area contributed by atoms with Crippen LogP contribution in [0.5, 0.6) is 5.75 Å². The van der Waals surface area contributed by atoms with Crippen molar-refractivity contribution in [3.05, 3.63) is 24.3 Å². The summed E-state index contributed by atoms with van der Waals surface area (Å²) >= 11 is 3.25. The van der Waals surface area contributed by atoms with Crippen LogP contribution in [0, 0.1) is 0 Å². The van der Waals surface area contributed by atoms with Crippen LogP contribution in [0.2, 0.25) is 0 Å². The van der Waals surface area contributed by atoms with E-state index in [1.807, 2.05) is 0 Å². The summed E-state index contributed by atoms with van der Waals surface area (Å²) < 4.78 is 29.6. The molecule has 18 heavy (non-hydrogen) atoms. The Bertz CT molecular complexity index is 460. The number of hydrogen-bond acceptors (Lipinski definition) is 4. The third-order valence-corrected chi connectivity index (χ3v) is 3.69. The van der Waals surface area contributed by atoms with Gasteiger partial charge in [-0.25, -0.2) is 8.42 Å². The highest BCUT2D eigenvalue weighted by molar-refractivity contribution is 9.09. The average molecular weight is 338 g/mol. The van der Waals surface area contributed by atoms with Gasteiger partial charge in [0.1, 0.15) is 5.75 Å². The van der Waals surface area contributed by atoms with Crippen molar-refractivity contribution in [2.24, 2.45) is 0 Å². The van der Waals surface area contributed by atoms with E-state index in [4.69, 9.17) is 9.84 Å². The van der Waals surface area contributed by atoms with Gasteiger partial charge in [0, 0.05) is 5.33 Å². The van der Waals surface area contributed by atoms with E-state index in [0.29, 0.717) is 18.0 Å². The molecule has 102 valence electrons. The molecule has 7 heteroatoms. The number of anilines is 1. The van der Waals surface area contributed by atoms with Crippen LogP contribution in [-0.4, -0.2) is 44.9 Å². The third-order valence-electron chi connectivity index (χ3n) is 2.17. The fourth-order valence-electron chi connectivity index (χ4n) is 1.44. The van der Waals surface area contributed by atoms with Crippen molar-refractivity contribution in [3.63, 3.8) is 0 Å². The Labute approximate surface area is 116 Å². The summed E-state index contributed by atoms with van der Waals surface area (Å²) in [6.07, 6.45) is 1.11. The van der Waals surface area contributed by atoms with Crippen molar-refractivity contribution < 1.29 is 18.3 Å². The maximum Gasteiger partial charge on any atom is 0.232 e. The van der Waals surface area contributed by atoms with E-state index in [0.717, 1.165) is 15.9 Å². The van der Waals surface area contributed by atoms with E-state index in [9.17, 15) is 8.42 Å². The van der Waals surface area contributed by atoms with Gasteiger partial charge in [0.05, 0.1) is 31.7 Å². The van der Waals surface area contributed by atoms with Crippen LogP contribution in [0.15, 0.2) is 24.3 Å². The van der Waals surface area contributed by atoms with Crippen molar-refractivity contribution in [1.82, 2.24) is 0 Å². The van der Waals surface area contributed by atoms with Crippen LogP contribution < -0.4 is 9.04 Å². The van der Waals surface area contributed by atoms with Crippen LogP contribution in [0.1, 0.15) is 0 Å². The molecule has 1 aromatic rings. The van der Waals surface area contributed by atoms with Crippen LogP contribution in [0.4, 0.5) is 5.69 Å². The van der Waals surface area contributed by atoms with Gasteiger partial charge in [-0.3, -0.25) is 4.31 Å². The molecule has 0 radical (unpaired) electrons. The first kappa shape index (κ1) is 15.3. The van der Waals surface area contributed by atoms with Gasteiger partial charge in [0.15, 0.2) is 0 Å². The SMILES string of the molecule is CS(=O)(=O)N(CCO)c1ccc(OCCBr)cc1. The van der Waals surface area contributed by atoms with E-state index in [1.165, 1.54) is 0 Å². The second kappa shape index (κ2) is 6.96. The van der Waals surface area contributed by atoms with Gasteiger partial charge in [-0.1, -0.05) is 15.9 Å². The standard InChI is InChI=1S/C11H16BrNO4S/c1-18(15,16)13(7-8-14)10-2-4-11(5-3-10)17-9-6-12/h2-5,14H,6-9H2,1H3. The fourth-order valence-corrected chi connectivity index (χ4v) is 2.52. The molecule has 0 amide bonds. The number of alkyl halides is 1. The van der Waals surface area contributed by atoms with Crippen molar-refractivity contribution in [1.29, 1.82) is 0 Å². The number of ether oxygens (including phenoxy) is 1. The number of nitrogens with zero attached hydrogens (tertiary/aromatic N) is 1. The van der Waals surface area contributed by atoms with Crippen LogP contribution >= 0.6 is 15.9 Å². The average Bonchev–Trinajstić information content (AvgIpc) is 2.33. The van der Waals surface area contributed by atoms with Crippen LogP contribution in [-0.2, 0) is 10.0 Å². The summed E-state index contributed by atoms with van der Waals surface area (Å²) in [5.74, 6) is 0.677. The predicted octanol–water partition coefficient (Wildman–Crippen LogP) is 1.22. The van der Waals surface area contributed by atoms with Crippen molar-refractivity contribution in [2.45, 2.75) is 0 Å². The quantitative estimate of drug-likeness (QED) is 0.759. The lowest BCUT2D eigenvalue weighted by atomic mass is 10.3. The molecule has 1 rings (SSSR count). The molecule has 0 fully saturated rings. The second-order valence-electron chi connectivity index (χ2n) is 3.59. The van der Waals surface area contributed by atoms with E-state index in [-0.39, 0.29) is 13.2 Å². The smallest absolute Gasteiger partial charge is 0.232 e. The normalized spacial score (nSPS) is 11.3. The highest BCUT2D eigenvalue weighted by Gasteiger charge is 2.16. The molecule has 0 aromatic heterocycles. The molecule has 0 aliphatic rings. The van der Waals surface area contributed by atoms with E-state index >= 15 is 0 Å². The van der Waals surface area contributed by atoms with E-state index < -0.39 is 10.0 Å². The molecule has 0 unspecified atom stereocenters.